The highest BCUT2D eigenvalue weighted by Crippen LogP contribution is 2.22. The number of aryl methyl sites for hydroxylation is 2. The van der Waals surface area contributed by atoms with Crippen molar-refractivity contribution in [2.45, 2.75) is 45.6 Å². The van der Waals surface area contributed by atoms with Crippen LogP contribution in [0.5, 0.6) is 0 Å². The maximum atomic E-state index is 9.23. The van der Waals surface area contributed by atoms with Gasteiger partial charge in [0.2, 0.25) is 0 Å². The summed E-state index contributed by atoms with van der Waals surface area (Å²) < 4.78 is 0. The third-order valence-electron chi connectivity index (χ3n) is 4.17. The second kappa shape index (κ2) is 6.71. The summed E-state index contributed by atoms with van der Waals surface area (Å²) in [5.41, 5.74) is 3.34. The molecule has 1 fully saturated rings. The van der Waals surface area contributed by atoms with Crippen molar-refractivity contribution in [3.8, 4) is 6.07 Å². The minimum absolute atomic E-state index is 0.666. The van der Waals surface area contributed by atoms with Crippen molar-refractivity contribution in [3.05, 3.63) is 23.0 Å². The molecule has 2 rings (SSSR count). The summed E-state index contributed by atoms with van der Waals surface area (Å²) in [6.45, 7) is 5.73. The average molecular weight is 272 g/mol. The van der Waals surface area contributed by atoms with Crippen LogP contribution < -0.4 is 5.32 Å². The van der Waals surface area contributed by atoms with Crippen LogP contribution in [0, 0.1) is 25.2 Å². The molecule has 0 amide bonds. The monoisotopic (exact) mass is 272 g/mol. The van der Waals surface area contributed by atoms with Crippen molar-refractivity contribution < 1.29 is 0 Å². The van der Waals surface area contributed by atoms with Crippen molar-refractivity contribution in [2.24, 2.45) is 0 Å². The Labute approximate surface area is 121 Å². The molecule has 4 heteroatoms. The first-order valence-electron chi connectivity index (χ1n) is 7.44. The van der Waals surface area contributed by atoms with Gasteiger partial charge in [-0.25, -0.2) is 0 Å². The molecule has 0 aromatic carbocycles. The second-order valence-electron chi connectivity index (χ2n) is 5.73. The fourth-order valence-electron chi connectivity index (χ4n) is 3.00. The van der Waals surface area contributed by atoms with Gasteiger partial charge in [-0.3, -0.25) is 4.98 Å². The van der Waals surface area contributed by atoms with Crippen molar-refractivity contribution in [1.29, 1.82) is 5.26 Å². The van der Waals surface area contributed by atoms with E-state index in [4.69, 9.17) is 0 Å². The number of nitrogens with zero attached hydrogens (tertiary/aromatic N) is 3. The predicted molar refractivity (Wildman–Crippen MR) is 81.8 cm³/mol. The Bertz CT molecular complexity index is 498. The molecule has 0 saturated heterocycles. The lowest BCUT2D eigenvalue weighted by atomic mass is 10.1. The van der Waals surface area contributed by atoms with Crippen molar-refractivity contribution >= 4 is 5.69 Å². The lowest BCUT2D eigenvalue weighted by molar-refractivity contribution is 0.254. The summed E-state index contributed by atoms with van der Waals surface area (Å²) >= 11 is 0. The van der Waals surface area contributed by atoms with Crippen molar-refractivity contribution in [1.82, 2.24) is 9.88 Å². The Balaban J connectivity index is 1.92. The molecule has 1 aromatic heterocycles. The van der Waals surface area contributed by atoms with Crippen LogP contribution in [0.4, 0.5) is 5.69 Å². The van der Waals surface area contributed by atoms with E-state index in [1.165, 1.54) is 25.7 Å². The largest absolute Gasteiger partial charge is 0.383 e. The quantitative estimate of drug-likeness (QED) is 0.895. The number of rotatable bonds is 5. The summed E-state index contributed by atoms with van der Waals surface area (Å²) in [5, 5.41) is 12.6. The van der Waals surface area contributed by atoms with E-state index in [1.54, 1.807) is 0 Å². The molecule has 108 valence electrons. The number of nitriles is 1. The van der Waals surface area contributed by atoms with Crippen LogP contribution in [0.1, 0.15) is 42.6 Å². The molecule has 0 radical (unpaired) electrons. The topological polar surface area (TPSA) is 52.0 Å². The minimum Gasteiger partial charge on any atom is -0.383 e. The number of nitrogens with one attached hydrogen (secondary N) is 1. The van der Waals surface area contributed by atoms with Gasteiger partial charge in [-0.2, -0.15) is 5.26 Å². The van der Waals surface area contributed by atoms with Gasteiger partial charge in [0.25, 0.3) is 0 Å². The molecule has 1 aromatic rings. The zero-order valence-electron chi connectivity index (χ0n) is 12.7. The van der Waals surface area contributed by atoms with E-state index in [9.17, 15) is 5.26 Å². The molecule has 0 bridgehead atoms. The highest BCUT2D eigenvalue weighted by Gasteiger charge is 2.18. The van der Waals surface area contributed by atoms with Crippen LogP contribution in [-0.2, 0) is 0 Å². The lowest BCUT2D eigenvalue weighted by Crippen LogP contribution is -2.33. The fraction of sp³-hybridized carbons (Fsp3) is 0.625. The molecule has 1 heterocycles. The molecule has 0 spiro atoms. The highest BCUT2D eigenvalue weighted by atomic mass is 15.1. The second-order valence-corrected chi connectivity index (χ2v) is 5.73. The molecule has 20 heavy (non-hydrogen) atoms. The summed E-state index contributed by atoms with van der Waals surface area (Å²) in [7, 11) is 2.20. The maximum absolute atomic E-state index is 9.23. The van der Waals surface area contributed by atoms with Crippen LogP contribution in [0.3, 0.4) is 0 Å². The number of pyridine rings is 1. The third-order valence-corrected chi connectivity index (χ3v) is 4.17. The van der Waals surface area contributed by atoms with Gasteiger partial charge in [0.15, 0.2) is 0 Å². The number of aromatic nitrogens is 1. The van der Waals surface area contributed by atoms with Crippen molar-refractivity contribution in [2.75, 3.05) is 25.5 Å². The first kappa shape index (κ1) is 14.8. The minimum atomic E-state index is 0.666. The van der Waals surface area contributed by atoms with Crippen LogP contribution >= 0.6 is 0 Å². The third kappa shape index (κ3) is 3.49. The standard InChI is InChI=1S/C16H24N4/c1-12-10-16(15(11-17)13(2)19-12)18-8-9-20(3)14-6-4-5-7-14/h10,14H,4-9H2,1-3H3,(H,18,19). The number of hydrogen-bond donors (Lipinski definition) is 1. The number of anilines is 1. The van der Waals surface area contributed by atoms with Gasteiger partial charge in [-0.1, -0.05) is 12.8 Å². The van der Waals surface area contributed by atoms with E-state index >= 15 is 0 Å². The summed E-state index contributed by atoms with van der Waals surface area (Å²) in [4.78, 5) is 6.78. The molecule has 1 aliphatic rings. The summed E-state index contributed by atoms with van der Waals surface area (Å²) in [6, 6.07) is 4.95. The van der Waals surface area contributed by atoms with Crippen molar-refractivity contribution in [3.63, 3.8) is 0 Å². The van der Waals surface area contributed by atoms with E-state index in [1.807, 2.05) is 19.9 Å². The molecule has 4 nitrogen and oxygen atoms in total. The zero-order valence-corrected chi connectivity index (χ0v) is 12.7. The van der Waals surface area contributed by atoms with Gasteiger partial charge in [0, 0.05) is 24.8 Å². The Morgan fingerprint density at radius 3 is 2.75 bits per heavy atom. The predicted octanol–water partition coefficient (Wildman–Crippen LogP) is 2.86. The first-order valence-corrected chi connectivity index (χ1v) is 7.44. The van der Waals surface area contributed by atoms with Gasteiger partial charge in [0.1, 0.15) is 6.07 Å². The van der Waals surface area contributed by atoms with Gasteiger partial charge >= 0.3 is 0 Å². The Morgan fingerprint density at radius 2 is 2.10 bits per heavy atom. The van der Waals surface area contributed by atoms with E-state index in [2.05, 4.69) is 28.3 Å². The Kier molecular flexibility index (Phi) is 4.97. The maximum Gasteiger partial charge on any atom is 0.103 e. The van der Waals surface area contributed by atoms with Crippen LogP contribution in [0.2, 0.25) is 0 Å². The zero-order chi connectivity index (χ0) is 14.5. The molecule has 1 N–H and O–H groups in total. The Hall–Kier alpha value is -1.60. The molecular weight excluding hydrogens is 248 g/mol. The molecule has 0 atom stereocenters. The summed E-state index contributed by atoms with van der Waals surface area (Å²) in [6.07, 6.45) is 5.38. The Morgan fingerprint density at radius 1 is 1.40 bits per heavy atom. The molecule has 0 unspecified atom stereocenters. The summed E-state index contributed by atoms with van der Waals surface area (Å²) in [5.74, 6) is 0. The smallest absolute Gasteiger partial charge is 0.103 e. The highest BCUT2D eigenvalue weighted by molar-refractivity contribution is 5.59. The van der Waals surface area contributed by atoms with Gasteiger partial charge in [-0.15, -0.1) is 0 Å². The van der Waals surface area contributed by atoms with Crippen LogP contribution in [0.15, 0.2) is 6.07 Å². The van der Waals surface area contributed by atoms with E-state index < -0.39 is 0 Å². The average Bonchev–Trinajstić information content (AvgIpc) is 2.92. The normalized spacial score (nSPS) is 15.6. The first-order chi connectivity index (χ1) is 9.61. The number of likely N-dealkylation sites (N-methyl/N-ethyl adjacent to an activating group) is 1. The number of hydrogen-bond acceptors (Lipinski definition) is 4. The van der Waals surface area contributed by atoms with E-state index in [0.717, 1.165) is 36.2 Å². The van der Waals surface area contributed by atoms with Gasteiger partial charge in [-0.05, 0) is 39.8 Å². The van der Waals surface area contributed by atoms with Crippen LogP contribution in [0.25, 0.3) is 0 Å². The van der Waals surface area contributed by atoms with Gasteiger partial charge in [0.05, 0.1) is 16.9 Å². The molecule has 1 saturated carbocycles. The molecule has 1 aliphatic carbocycles. The molecule has 0 aliphatic heterocycles. The van der Waals surface area contributed by atoms with E-state index in [0.29, 0.717) is 5.56 Å². The van der Waals surface area contributed by atoms with E-state index in [-0.39, 0.29) is 0 Å². The van der Waals surface area contributed by atoms with Gasteiger partial charge < -0.3 is 10.2 Å². The van der Waals surface area contributed by atoms with Crippen LogP contribution in [-0.4, -0.2) is 36.1 Å². The molecular formula is C16H24N4. The fourth-order valence-corrected chi connectivity index (χ4v) is 3.00. The SMILES string of the molecule is Cc1cc(NCCN(C)C2CCCC2)c(C#N)c(C)n1. The lowest BCUT2D eigenvalue weighted by Gasteiger charge is -2.24.